The monoisotopic (exact) mass is 311 g/mol. The lowest BCUT2D eigenvalue weighted by atomic mass is 9.71. The van der Waals surface area contributed by atoms with Crippen molar-refractivity contribution in [3.63, 3.8) is 0 Å². The van der Waals surface area contributed by atoms with Crippen LogP contribution in [-0.2, 0) is 19.1 Å². The zero-order chi connectivity index (χ0) is 17.2. The first-order valence-electron chi connectivity index (χ1n) is 8.14. The second kappa shape index (κ2) is 10.2. The molecule has 0 aliphatic heterocycles. The van der Waals surface area contributed by atoms with E-state index < -0.39 is 23.3 Å². The van der Waals surface area contributed by atoms with Gasteiger partial charge in [0, 0.05) is 0 Å². The van der Waals surface area contributed by atoms with Gasteiger partial charge >= 0.3 is 11.9 Å². The van der Waals surface area contributed by atoms with Crippen LogP contribution in [0.5, 0.6) is 0 Å². The van der Waals surface area contributed by atoms with Crippen molar-refractivity contribution in [1.82, 2.24) is 0 Å². The van der Waals surface area contributed by atoms with E-state index in [1.807, 2.05) is 0 Å². The highest BCUT2D eigenvalue weighted by atomic mass is 16.5. The quantitative estimate of drug-likeness (QED) is 0.577. The third-order valence-electron chi connectivity index (χ3n) is 3.77. The van der Waals surface area contributed by atoms with E-state index in [4.69, 9.17) is 9.47 Å². The molecule has 0 aromatic carbocycles. The molecule has 126 valence electrons. The lowest BCUT2D eigenvalue weighted by molar-refractivity contribution is -0.166. The Balaban J connectivity index is 5.46. The number of carbonyl (C=O) groups is 2. The Hall–Kier alpha value is -1.57. The normalized spacial score (nSPS) is 14.8. The molecule has 0 rings (SSSR count). The Morgan fingerprint density at radius 3 is 2.14 bits per heavy atom. The Labute approximate surface area is 134 Å². The van der Waals surface area contributed by atoms with Crippen molar-refractivity contribution in [2.75, 3.05) is 13.2 Å². The van der Waals surface area contributed by atoms with Gasteiger partial charge in [-0.25, -0.2) is 0 Å². The van der Waals surface area contributed by atoms with Crippen LogP contribution in [0, 0.1) is 28.6 Å². The van der Waals surface area contributed by atoms with Crippen molar-refractivity contribution in [1.29, 1.82) is 5.26 Å². The molecule has 2 atom stereocenters. The number of hydrogen-bond donors (Lipinski definition) is 0. The fourth-order valence-electron chi connectivity index (χ4n) is 2.61. The number of ether oxygens (including phenoxy) is 2. The molecular formula is C17H29NO4. The van der Waals surface area contributed by atoms with Gasteiger partial charge in [0.1, 0.15) is 0 Å². The largest absolute Gasteiger partial charge is 0.466 e. The van der Waals surface area contributed by atoms with Gasteiger partial charge in [-0.3, -0.25) is 9.59 Å². The first-order valence-corrected chi connectivity index (χ1v) is 8.14. The van der Waals surface area contributed by atoms with Gasteiger partial charge in [-0.1, -0.05) is 33.6 Å². The minimum atomic E-state index is -1.45. The van der Waals surface area contributed by atoms with Crippen LogP contribution < -0.4 is 0 Å². The van der Waals surface area contributed by atoms with Crippen molar-refractivity contribution in [2.45, 2.75) is 60.3 Å². The average molecular weight is 311 g/mol. The van der Waals surface area contributed by atoms with Crippen molar-refractivity contribution in [2.24, 2.45) is 17.3 Å². The summed E-state index contributed by atoms with van der Waals surface area (Å²) in [6.45, 7) is 9.77. The van der Waals surface area contributed by atoms with E-state index in [0.717, 1.165) is 6.42 Å². The van der Waals surface area contributed by atoms with Gasteiger partial charge in [-0.2, -0.15) is 5.26 Å². The molecule has 0 amide bonds. The molecule has 0 N–H and O–H groups in total. The molecule has 0 aliphatic rings. The molecule has 0 saturated heterocycles. The molecule has 2 unspecified atom stereocenters. The van der Waals surface area contributed by atoms with Crippen LogP contribution in [0.4, 0.5) is 0 Å². The van der Waals surface area contributed by atoms with Gasteiger partial charge in [0.05, 0.1) is 25.2 Å². The fraction of sp³-hybridized carbons (Fsp3) is 0.824. The molecule has 0 radical (unpaired) electrons. The number of carbonyl (C=O) groups excluding carboxylic acids is 2. The Morgan fingerprint density at radius 1 is 1.14 bits per heavy atom. The third-order valence-corrected chi connectivity index (χ3v) is 3.77. The van der Waals surface area contributed by atoms with Crippen LogP contribution >= 0.6 is 0 Å². The highest BCUT2D eigenvalue weighted by Gasteiger charge is 2.50. The van der Waals surface area contributed by atoms with Crippen LogP contribution in [0.3, 0.4) is 0 Å². The average Bonchev–Trinajstić information content (AvgIpc) is 2.46. The van der Waals surface area contributed by atoms with Gasteiger partial charge in [0.15, 0.2) is 5.41 Å². The van der Waals surface area contributed by atoms with Crippen molar-refractivity contribution in [3.8, 4) is 6.07 Å². The van der Waals surface area contributed by atoms with Gasteiger partial charge in [-0.05, 0) is 32.6 Å². The van der Waals surface area contributed by atoms with E-state index in [9.17, 15) is 14.9 Å². The Bertz CT molecular complexity index is 400. The Morgan fingerprint density at radius 2 is 1.73 bits per heavy atom. The SMILES string of the molecule is CCOC(=O)C(CC)C(C#N)(CCCC(C)C)C(=O)OCC. The molecule has 5 nitrogen and oxygen atoms in total. The number of hydrogen-bond acceptors (Lipinski definition) is 5. The molecule has 5 heteroatoms. The maximum Gasteiger partial charge on any atom is 0.327 e. The maximum atomic E-state index is 12.4. The number of nitrogens with zero attached hydrogens (tertiary/aromatic N) is 1. The summed E-state index contributed by atoms with van der Waals surface area (Å²) < 4.78 is 10.2. The molecule has 0 aromatic heterocycles. The van der Waals surface area contributed by atoms with Crippen molar-refractivity contribution < 1.29 is 19.1 Å². The fourth-order valence-corrected chi connectivity index (χ4v) is 2.61. The topological polar surface area (TPSA) is 76.4 Å². The van der Waals surface area contributed by atoms with E-state index in [1.165, 1.54) is 0 Å². The second-order valence-electron chi connectivity index (χ2n) is 5.80. The van der Waals surface area contributed by atoms with E-state index in [0.29, 0.717) is 25.2 Å². The molecular weight excluding hydrogens is 282 g/mol. The molecule has 0 heterocycles. The van der Waals surface area contributed by atoms with Gasteiger partial charge in [-0.15, -0.1) is 0 Å². The highest BCUT2D eigenvalue weighted by Crippen LogP contribution is 2.38. The van der Waals surface area contributed by atoms with Crippen LogP contribution in [0.25, 0.3) is 0 Å². The van der Waals surface area contributed by atoms with Crippen molar-refractivity contribution >= 4 is 11.9 Å². The van der Waals surface area contributed by atoms with E-state index in [2.05, 4.69) is 19.9 Å². The minimum Gasteiger partial charge on any atom is -0.466 e. The number of rotatable bonds is 10. The summed E-state index contributed by atoms with van der Waals surface area (Å²) in [5.74, 6) is -1.42. The van der Waals surface area contributed by atoms with E-state index in [-0.39, 0.29) is 13.2 Å². The first-order chi connectivity index (χ1) is 10.4. The summed E-state index contributed by atoms with van der Waals surface area (Å²) in [5, 5.41) is 9.70. The van der Waals surface area contributed by atoms with E-state index in [1.54, 1.807) is 20.8 Å². The molecule has 0 aliphatic carbocycles. The summed E-state index contributed by atoms with van der Waals surface area (Å²) in [6, 6.07) is 2.09. The highest BCUT2D eigenvalue weighted by molar-refractivity contribution is 5.88. The summed E-state index contributed by atoms with van der Waals surface area (Å²) in [5.41, 5.74) is -1.45. The lowest BCUT2D eigenvalue weighted by Gasteiger charge is -2.31. The van der Waals surface area contributed by atoms with Crippen molar-refractivity contribution in [3.05, 3.63) is 0 Å². The standard InChI is InChI=1S/C17H29NO4/c1-6-14(15(19)21-7-2)17(12-18,16(20)22-8-3)11-9-10-13(4)5/h13-14H,6-11H2,1-5H3. The predicted molar refractivity (Wildman–Crippen MR) is 83.8 cm³/mol. The number of nitriles is 1. The van der Waals surface area contributed by atoms with Crippen LogP contribution in [0.15, 0.2) is 0 Å². The predicted octanol–water partition coefficient (Wildman–Crippen LogP) is 3.48. The minimum absolute atomic E-state index is 0.186. The maximum absolute atomic E-state index is 12.4. The van der Waals surface area contributed by atoms with Gasteiger partial charge in [0.25, 0.3) is 0 Å². The van der Waals surface area contributed by atoms with E-state index >= 15 is 0 Å². The molecule has 0 bridgehead atoms. The lowest BCUT2D eigenvalue weighted by Crippen LogP contribution is -2.43. The first kappa shape index (κ1) is 20.4. The summed E-state index contributed by atoms with van der Waals surface area (Å²) in [7, 11) is 0. The Kier molecular flexibility index (Phi) is 9.48. The molecule has 0 spiro atoms. The summed E-state index contributed by atoms with van der Waals surface area (Å²) in [4.78, 5) is 24.6. The summed E-state index contributed by atoms with van der Waals surface area (Å²) in [6.07, 6.45) is 2.27. The van der Waals surface area contributed by atoms with Gasteiger partial charge in [0.2, 0.25) is 0 Å². The molecule has 0 fully saturated rings. The third kappa shape index (κ3) is 5.32. The zero-order valence-corrected chi connectivity index (χ0v) is 14.5. The molecule has 0 saturated carbocycles. The summed E-state index contributed by atoms with van der Waals surface area (Å²) >= 11 is 0. The van der Waals surface area contributed by atoms with Crippen LogP contribution in [-0.4, -0.2) is 25.2 Å². The van der Waals surface area contributed by atoms with Crippen LogP contribution in [0.1, 0.15) is 60.3 Å². The smallest absolute Gasteiger partial charge is 0.327 e. The number of esters is 2. The zero-order valence-electron chi connectivity index (χ0n) is 14.5. The molecule has 22 heavy (non-hydrogen) atoms. The van der Waals surface area contributed by atoms with Crippen LogP contribution in [0.2, 0.25) is 0 Å². The van der Waals surface area contributed by atoms with Gasteiger partial charge < -0.3 is 9.47 Å². The second-order valence-corrected chi connectivity index (χ2v) is 5.80. The molecule has 0 aromatic rings.